The number of halogens is 4. The number of nitrogens with zero attached hydrogens (tertiary/aromatic N) is 2. The number of methoxy groups -OCH3 is 1. The minimum absolute atomic E-state index is 0.114. The fraction of sp³-hybridized carbons (Fsp3) is 0.636. The molecule has 1 unspecified atom stereocenters. The summed E-state index contributed by atoms with van der Waals surface area (Å²) in [6, 6.07) is -0.114. The smallest absolute Gasteiger partial charge is 0.383 e. The van der Waals surface area contributed by atoms with Gasteiger partial charge in [0.1, 0.15) is 11.6 Å². The van der Waals surface area contributed by atoms with Crippen molar-refractivity contribution in [1.82, 2.24) is 9.78 Å². The van der Waals surface area contributed by atoms with E-state index in [1.54, 1.807) is 0 Å². The third kappa shape index (κ3) is 4.68. The number of alkyl halides is 3. The Morgan fingerprint density at radius 1 is 1.55 bits per heavy atom. The molecule has 1 rings (SSSR count). The quantitative estimate of drug-likeness (QED) is 0.875. The first-order valence-electron chi connectivity index (χ1n) is 5.86. The molecule has 114 valence electrons. The van der Waals surface area contributed by atoms with Gasteiger partial charge in [-0.25, -0.2) is 4.68 Å². The highest BCUT2D eigenvalue weighted by molar-refractivity contribution is 6.32. The van der Waals surface area contributed by atoms with Crippen LogP contribution in [0.15, 0.2) is 11.0 Å². The average Bonchev–Trinajstić information content (AvgIpc) is 2.36. The summed E-state index contributed by atoms with van der Waals surface area (Å²) in [4.78, 5) is 11.7. The summed E-state index contributed by atoms with van der Waals surface area (Å²) in [6.07, 6.45) is -2.74. The van der Waals surface area contributed by atoms with Crippen molar-refractivity contribution in [3.63, 3.8) is 0 Å². The molecule has 0 amide bonds. The van der Waals surface area contributed by atoms with E-state index in [4.69, 9.17) is 16.3 Å². The van der Waals surface area contributed by atoms with E-state index in [1.165, 1.54) is 7.11 Å². The van der Waals surface area contributed by atoms with Crippen molar-refractivity contribution in [2.24, 2.45) is 0 Å². The molecule has 0 aliphatic heterocycles. The first-order valence-corrected chi connectivity index (χ1v) is 6.24. The van der Waals surface area contributed by atoms with E-state index in [1.807, 2.05) is 6.92 Å². The third-order valence-corrected chi connectivity index (χ3v) is 2.90. The molecule has 0 aromatic carbocycles. The Morgan fingerprint density at radius 2 is 2.20 bits per heavy atom. The largest absolute Gasteiger partial charge is 0.408 e. The number of nitrogens with one attached hydrogen (secondary N) is 1. The van der Waals surface area contributed by atoms with Crippen molar-refractivity contribution >= 4 is 17.3 Å². The Kier molecular flexibility index (Phi) is 5.82. The van der Waals surface area contributed by atoms with Gasteiger partial charge < -0.3 is 10.1 Å². The van der Waals surface area contributed by atoms with Crippen LogP contribution in [0, 0.1) is 0 Å². The summed E-state index contributed by atoms with van der Waals surface area (Å²) in [5, 5.41) is 6.06. The third-order valence-electron chi connectivity index (χ3n) is 2.53. The SMILES string of the molecule is CCC(COC)Nc1cnn(CC(F)(F)F)c(=O)c1Cl. The molecule has 20 heavy (non-hydrogen) atoms. The summed E-state index contributed by atoms with van der Waals surface area (Å²) < 4.78 is 42.0. The zero-order valence-corrected chi connectivity index (χ0v) is 11.8. The maximum atomic E-state index is 12.2. The van der Waals surface area contributed by atoms with E-state index in [-0.39, 0.29) is 21.4 Å². The van der Waals surface area contributed by atoms with Crippen LogP contribution in [0.4, 0.5) is 18.9 Å². The molecule has 5 nitrogen and oxygen atoms in total. The molecule has 0 radical (unpaired) electrons. The Morgan fingerprint density at radius 3 is 2.70 bits per heavy atom. The van der Waals surface area contributed by atoms with Crippen molar-refractivity contribution in [2.75, 3.05) is 19.0 Å². The molecule has 9 heteroatoms. The van der Waals surface area contributed by atoms with Crippen LogP contribution < -0.4 is 10.9 Å². The van der Waals surface area contributed by atoms with Crippen molar-refractivity contribution < 1.29 is 17.9 Å². The molecule has 0 aliphatic rings. The zero-order chi connectivity index (χ0) is 15.3. The summed E-state index contributed by atoms with van der Waals surface area (Å²) in [5.41, 5.74) is -0.791. The number of hydrogen-bond acceptors (Lipinski definition) is 4. The highest BCUT2D eigenvalue weighted by atomic mass is 35.5. The van der Waals surface area contributed by atoms with E-state index in [2.05, 4.69) is 10.4 Å². The van der Waals surface area contributed by atoms with E-state index in [0.717, 1.165) is 6.20 Å². The van der Waals surface area contributed by atoms with E-state index >= 15 is 0 Å². The standard InChI is InChI=1S/C11H15ClF3N3O2/c1-3-7(5-20-2)17-8-4-16-18(6-11(13,14)15)10(19)9(8)12/h4,7,17H,3,5-6H2,1-2H3. The molecule has 0 saturated heterocycles. The van der Waals surface area contributed by atoms with Crippen molar-refractivity contribution in [2.45, 2.75) is 32.1 Å². The van der Waals surface area contributed by atoms with Crippen molar-refractivity contribution in [3.05, 3.63) is 21.6 Å². The molecule has 0 saturated carbocycles. The van der Waals surface area contributed by atoms with Crippen LogP contribution in [0.3, 0.4) is 0 Å². The predicted octanol–water partition coefficient (Wildman–Crippen LogP) is 2.30. The minimum Gasteiger partial charge on any atom is -0.383 e. The van der Waals surface area contributed by atoms with Gasteiger partial charge >= 0.3 is 6.18 Å². The van der Waals surface area contributed by atoms with Crippen molar-refractivity contribution in [1.29, 1.82) is 0 Å². The molecule has 0 spiro atoms. The summed E-state index contributed by atoms with van der Waals surface area (Å²) in [5.74, 6) is 0. The molecule has 1 heterocycles. The first kappa shape index (κ1) is 16.8. The predicted molar refractivity (Wildman–Crippen MR) is 69.1 cm³/mol. The molecule has 0 fully saturated rings. The number of hydrogen-bond donors (Lipinski definition) is 1. The number of anilines is 1. The topological polar surface area (TPSA) is 56.1 Å². The van der Waals surface area contributed by atoms with Crippen LogP contribution in [0.25, 0.3) is 0 Å². The molecule has 1 atom stereocenters. The second-order valence-corrected chi connectivity index (χ2v) is 4.53. The van der Waals surface area contributed by atoms with Gasteiger partial charge in [-0.15, -0.1) is 0 Å². The lowest BCUT2D eigenvalue weighted by Gasteiger charge is -2.18. The normalized spacial score (nSPS) is 13.3. The van der Waals surface area contributed by atoms with Gasteiger partial charge in [-0.1, -0.05) is 18.5 Å². The Labute approximate surface area is 118 Å². The maximum Gasteiger partial charge on any atom is 0.408 e. The number of aromatic nitrogens is 2. The first-order chi connectivity index (χ1) is 9.28. The Bertz CT molecular complexity index is 505. The van der Waals surface area contributed by atoms with E-state index < -0.39 is 18.3 Å². The molecule has 0 aliphatic carbocycles. The van der Waals surface area contributed by atoms with Crippen molar-refractivity contribution in [3.8, 4) is 0 Å². The van der Waals surface area contributed by atoms with Gasteiger partial charge in [0.2, 0.25) is 0 Å². The van der Waals surface area contributed by atoms with E-state index in [0.29, 0.717) is 13.0 Å². The lowest BCUT2D eigenvalue weighted by molar-refractivity contribution is -0.143. The monoisotopic (exact) mass is 313 g/mol. The highest BCUT2D eigenvalue weighted by Crippen LogP contribution is 2.20. The molecular weight excluding hydrogens is 299 g/mol. The Balaban J connectivity index is 2.97. The summed E-state index contributed by atoms with van der Waals surface area (Å²) in [7, 11) is 1.52. The molecule has 1 N–H and O–H groups in total. The van der Waals surface area contributed by atoms with Crippen LogP contribution in [-0.2, 0) is 11.3 Å². The van der Waals surface area contributed by atoms with Crippen LogP contribution in [0.5, 0.6) is 0 Å². The van der Waals surface area contributed by atoms with Crippen LogP contribution in [0.2, 0.25) is 5.02 Å². The second-order valence-electron chi connectivity index (χ2n) is 4.16. The fourth-order valence-corrected chi connectivity index (χ4v) is 1.73. The van der Waals surface area contributed by atoms with Gasteiger partial charge in [-0.05, 0) is 6.42 Å². The van der Waals surface area contributed by atoms with Crippen LogP contribution in [0.1, 0.15) is 13.3 Å². The maximum absolute atomic E-state index is 12.2. The Hall–Kier alpha value is -1.28. The lowest BCUT2D eigenvalue weighted by atomic mass is 10.2. The highest BCUT2D eigenvalue weighted by Gasteiger charge is 2.29. The number of ether oxygens (including phenoxy) is 1. The summed E-state index contributed by atoms with van der Waals surface area (Å²) in [6.45, 7) is 0.794. The average molecular weight is 314 g/mol. The second kappa shape index (κ2) is 6.94. The zero-order valence-electron chi connectivity index (χ0n) is 11.0. The fourth-order valence-electron chi connectivity index (χ4n) is 1.53. The molecule has 1 aromatic heterocycles. The molecule has 1 aromatic rings. The van der Waals surface area contributed by atoms with Crippen LogP contribution in [-0.4, -0.2) is 35.7 Å². The summed E-state index contributed by atoms with van der Waals surface area (Å²) >= 11 is 5.78. The van der Waals surface area contributed by atoms with Gasteiger partial charge in [0, 0.05) is 13.2 Å². The molecular formula is C11H15ClF3N3O2. The lowest BCUT2D eigenvalue weighted by Crippen LogP contribution is -2.32. The minimum atomic E-state index is -4.53. The van der Waals surface area contributed by atoms with Gasteiger partial charge in [-0.3, -0.25) is 4.79 Å². The van der Waals surface area contributed by atoms with E-state index in [9.17, 15) is 18.0 Å². The van der Waals surface area contributed by atoms with Crippen LogP contribution >= 0.6 is 11.6 Å². The molecule has 0 bridgehead atoms. The van der Waals surface area contributed by atoms with Gasteiger partial charge in [0.25, 0.3) is 5.56 Å². The van der Waals surface area contributed by atoms with Gasteiger partial charge in [-0.2, -0.15) is 18.3 Å². The van der Waals surface area contributed by atoms with Gasteiger partial charge in [0.05, 0.1) is 18.5 Å². The van der Waals surface area contributed by atoms with Gasteiger partial charge in [0.15, 0.2) is 0 Å². The number of rotatable bonds is 6.